The summed E-state index contributed by atoms with van der Waals surface area (Å²) in [6, 6.07) is 7.51. The fourth-order valence-corrected chi connectivity index (χ4v) is 4.20. The molecule has 0 fully saturated rings. The summed E-state index contributed by atoms with van der Waals surface area (Å²) in [6.07, 6.45) is 0. The van der Waals surface area contributed by atoms with Crippen LogP contribution >= 0.6 is 0 Å². The number of carbonyl (C=O) groups excluding carboxylic acids is 4. The van der Waals surface area contributed by atoms with Gasteiger partial charge in [-0.2, -0.15) is 16.8 Å². The Morgan fingerprint density at radius 1 is 0.568 bits per heavy atom. The highest BCUT2D eigenvalue weighted by molar-refractivity contribution is 7.87. The molecule has 13 nitrogen and oxygen atoms in total. The van der Waals surface area contributed by atoms with Crippen LogP contribution in [0.2, 0.25) is 0 Å². The first-order valence-electron chi connectivity index (χ1n) is 10.7. The molecular formula is C22H20N2O11S2. The fourth-order valence-electron chi connectivity index (χ4n) is 3.17. The zero-order valence-electron chi connectivity index (χ0n) is 19.8. The summed E-state index contributed by atoms with van der Waals surface area (Å²) in [5.74, 6) is -3.86. The summed E-state index contributed by atoms with van der Waals surface area (Å²) in [4.78, 5) is 50.3. The molecule has 0 aromatic heterocycles. The molecule has 0 unspecified atom stereocenters. The smallest absolute Gasteiger partial charge is 0.290 e. The molecule has 2 aliphatic heterocycles. The van der Waals surface area contributed by atoms with Crippen molar-refractivity contribution >= 4 is 43.9 Å². The van der Waals surface area contributed by atoms with Gasteiger partial charge in [0.25, 0.3) is 43.9 Å². The molecule has 4 rings (SSSR count). The molecule has 0 atom stereocenters. The van der Waals surface area contributed by atoms with E-state index in [1.807, 2.05) is 0 Å². The van der Waals surface area contributed by atoms with Gasteiger partial charge in [0.05, 0.1) is 32.8 Å². The number of carbonyl (C=O) groups is 4. The minimum absolute atomic E-state index is 0.0423. The number of hydrogen-bond donors (Lipinski definition) is 0. The van der Waals surface area contributed by atoms with Crippen LogP contribution in [-0.2, 0) is 28.8 Å². The van der Waals surface area contributed by atoms with Crippen molar-refractivity contribution in [3.63, 3.8) is 0 Å². The molecule has 0 N–H and O–H groups in total. The Bertz CT molecular complexity index is 1460. The average Bonchev–Trinajstić information content (AvgIpc) is 3.18. The van der Waals surface area contributed by atoms with E-state index in [1.165, 1.54) is 64.1 Å². The van der Waals surface area contributed by atoms with E-state index in [2.05, 4.69) is 0 Å². The number of hydrogen-bond acceptors (Lipinski definition) is 11. The van der Waals surface area contributed by atoms with Gasteiger partial charge in [0.1, 0.15) is 11.5 Å². The predicted molar refractivity (Wildman–Crippen MR) is 124 cm³/mol. The van der Waals surface area contributed by atoms with Crippen molar-refractivity contribution in [3.8, 4) is 11.5 Å². The molecule has 0 saturated heterocycles. The number of benzene rings is 2. The second kappa shape index (κ2) is 9.02. The van der Waals surface area contributed by atoms with E-state index in [0.717, 1.165) is 0 Å². The fraction of sp³-hybridized carbons (Fsp3) is 0.273. The zero-order chi connectivity index (χ0) is 27.4. The third-order valence-corrected chi connectivity index (χ3v) is 8.41. The van der Waals surface area contributed by atoms with Gasteiger partial charge in [-0.15, -0.1) is 18.7 Å². The second-order valence-corrected chi connectivity index (χ2v) is 12.7. The molecule has 196 valence electrons. The molecule has 2 heterocycles. The van der Waals surface area contributed by atoms with Crippen molar-refractivity contribution in [1.29, 1.82) is 0 Å². The van der Waals surface area contributed by atoms with E-state index in [-0.39, 0.29) is 43.9 Å². The van der Waals surface area contributed by atoms with Crippen LogP contribution in [0.4, 0.5) is 0 Å². The Balaban J connectivity index is 1.57. The van der Waals surface area contributed by atoms with Gasteiger partial charge < -0.3 is 4.74 Å². The molecule has 4 amide bonds. The summed E-state index contributed by atoms with van der Waals surface area (Å²) in [5, 5.41) is -1.69. The van der Waals surface area contributed by atoms with E-state index in [9.17, 15) is 36.0 Å². The normalized spacial score (nSPS) is 15.7. The largest absolute Gasteiger partial charge is 0.457 e. The highest BCUT2D eigenvalue weighted by atomic mass is 32.2. The zero-order valence-corrected chi connectivity index (χ0v) is 21.5. The van der Waals surface area contributed by atoms with Crippen LogP contribution in [0.3, 0.4) is 0 Å². The van der Waals surface area contributed by atoms with Gasteiger partial charge in [-0.3, -0.25) is 19.2 Å². The third kappa shape index (κ3) is 4.61. The Hall–Kier alpha value is -3.66. The highest BCUT2D eigenvalue weighted by Gasteiger charge is 2.42. The number of fused-ring (bicyclic) bond motifs is 2. The molecule has 0 aliphatic carbocycles. The first kappa shape index (κ1) is 26.4. The lowest BCUT2D eigenvalue weighted by Gasteiger charge is -2.14. The molecular weight excluding hydrogens is 532 g/mol. The van der Waals surface area contributed by atoms with Gasteiger partial charge in [-0.1, -0.05) is 0 Å². The number of rotatable bonds is 8. The molecule has 0 bridgehead atoms. The van der Waals surface area contributed by atoms with Crippen molar-refractivity contribution in [2.75, 3.05) is 0 Å². The lowest BCUT2D eigenvalue weighted by molar-refractivity contribution is -0.0112. The van der Waals surface area contributed by atoms with Crippen LogP contribution in [0.15, 0.2) is 36.4 Å². The van der Waals surface area contributed by atoms with Gasteiger partial charge in [-0.05, 0) is 64.1 Å². The number of imide groups is 2. The van der Waals surface area contributed by atoms with Gasteiger partial charge in [-0.25, -0.2) is 0 Å². The third-order valence-electron chi connectivity index (χ3n) is 5.39. The number of ether oxygens (including phenoxy) is 1. The maximum absolute atomic E-state index is 12.7. The maximum Gasteiger partial charge on any atom is 0.290 e. The minimum Gasteiger partial charge on any atom is -0.457 e. The highest BCUT2D eigenvalue weighted by Crippen LogP contribution is 2.33. The van der Waals surface area contributed by atoms with E-state index in [4.69, 9.17) is 13.3 Å². The van der Waals surface area contributed by atoms with Gasteiger partial charge in [0.2, 0.25) is 0 Å². The van der Waals surface area contributed by atoms with Crippen molar-refractivity contribution in [2.24, 2.45) is 0 Å². The minimum atomic E-state index is -4.22. The second-order valence-electron chi connectivity index (χ2n) is 8.56. The van der Waals surface area contributed by atoms with Crippen LogP contribution in [0.1, 0.15) is 69.1 Å². The van der Waals surface area contributed by atoms with Gasteiger partial charge >= 0.3 is 0 Å². The molecule has 0 saturated carbocycles. The van der Waals surface area contributed by atoms with Crippen LogP contribution < -0.4 is 4.74 Å². The van der Waals surface area contributed by atoms with E-state index in [0.29, 0.717) is 0 Å². The first-order valence-corrected chi connectivity index (χ1v) is 13.7. The van der Waals surface area contributed by atoms with Crippen molar-refractivity contribution in [3.05, 3.63) is 58.7 Å². The number of nitrogens with zero attached hydrogens (tertiary/aromatic N) is 2. The van der Waals surface area contributed by atoms with E-state index >= 15 is 0 Å². The lowest BCUT2D eigenvalue weighted by Crippen LogP contribution is -2.35. The number of hydroxylamine groups is 4. The molecule has 0 spiro atoms. The standard InChI is InChI=1S/C22H20N2O11S2/c1-11(2)36(29,30)34-23-19(25)15-7-5-13(9-17(15)21(23)27)33-14-6-8-16-18(10-14)22(28)24(20(16)26)35-37(31,32)12(3)4/h5-12H,1-4H3. The summed E-state index contributed by atoms with van der Waals surface area (Å²) < 4.78 is 63.1. The molecule has 2 aliphatic rings. The predicted octanol–water partition coefficient (Wildman–Crippen LogP) is 2.01. The van der Waals surface area contributed by atoms with Crippen LogP contribution in [0.5, 0.6) is 11.5 Å². The van der Waals surface area contributed by atoms with E-state index in [1.54, 1.807) is 0 Å². The summed E-state index contributed by atoms with van der Waals surface area (Å²) in [6.45, 7) is 5.29. The van der Waals surface area contributed by atoms with Crippen molar-refractivity contribution in [1.82, 2.24) is 10.1 Å². The van der Waals surface area contributed by atoms with Crippen molar-refractivity contribution in [2.45, 2.75) is 38.2 Å². The monoisotopic (exact) mass is 552 g/mol. The summed E-state index contributed by atoms with van der Waals surface area (Å²) in [7, 11) is -8.44. The van der Waals surface area contributed by atoms with Gasteiger partial charge in [0, 0.05) is 0 Å². The quantitative estimate of drug-likeness (QED) is 0.439. The maximum atomic E-state index is 12.7. The SMILES string of the molecule is CC(C)S(=O)(=O)ON1C(=O)c2ccc(Oc3ccc4c(c3)C(=O)N(OS(=O)(=O)C(C)C)C4=O)cc2C1=O. The van der Waals surface area contributed by atoms with Crippen molar-refractivity contribution < 1.29 is 49.3 Å². The van der Waals surface area contributed by atoms with Gasteiger partial charge in [0.15, 0.2) is 0 Å². The Kier molecular flexibility index (Phi) is 6.44. The first-order chi connectivity index (χ1) is 17.1. The van der Waals surface area contributed by atoms with Crippen LogP contribution in [-0.4, -0.2) is 61.1 Å². The Labute approximate surface area is 211 Å². The lowest BCUT2D eigenvalue weighted by atomic mass is 10.1. The Morgan fingerprint density at radius 3 is 1.22 bits per heavy atom. The average molecular weight is 553 g/mol. The summed E-state index contributed by atoms with van der Waals surface area (Å²) >= 11 is 0. The summed E-state index contributed by atoms with van der Waals surface area (Å²) in [5.41, 5.74) is -0.560. The van der Waals surface area contributed by atoms with Crippen LogP contribution in [0, 0.1) is 0 Å². The molecule has 15 heteroatoms. The topological polar surface area (TPSA) is 171 Å². The molecule has 37 heavy (non-hydrogen) atoms. The Morgan fingerprint density at radius 2 is 0.892 bits per heavy atom. The molecule has 2 aromatic rings. The molecule has 2 aromatic carbocycles. The number of amides is 4. The van der Waals surface area contributed by atoms with Crippen LogP contribution in [0.25, 0.3) is 0 Å². The molecule has 0 radical (unpaired) electrons. The van der Waals surface area contributed by atoms with E-state index < -0.39 is 54.4 Å².